The van der Waals surface area contributed by atoms with Crippen LogP contribution in [0.15, 0.2) is 18.2 Å². The number of amides is 1. The van der Waals surface area contributed by atoms with Gasteiger partial charge in [0.25, 0.3) is 5.91 Å². The lowest BCUT2D eigenvalue weighted by atomic mass is 10.2. The summed E-state index contributed by atoms with van der Waals surface area (Å²) in [6.45, 7) is 1.61. The molecular formula is C12H14N2O3. The van der Waals surface area contributed by atoms with Crippen molar-refractivity contribution in [2.24, 2.45) is 0 Å². The highest BCUT2D eigenvalue weighted by molar-refractivity contribution is 5.95. The van der Waals surface area contributed by atoms with Gasteiger partial charge in [0.2, 0.25) is 0 Å². The van der Waals surface area contributed by atoms with Gasteiger partial charge in [0, 0.05) is 5.56 Å². The number of rotatable bonds is 4. The van der Waals surface area contributed by atoms with Crippen molar-refractivity contribution in [3.8, 4) is 17.6 Å². The summed E-state index contributed by atoms with van der Waals surface area (Å²) in [5.41, 5.74) is 0.421. The molecule has 1 amide bonds. The molecule has 0 saturated heterocycles. The number of carbonyl (C=O) groups excluding carboxylic acids is 1. The fraction of sp³-hybridized carbons (Fsp3) is 0.333. The first kappa shape index (κ1) is 12.8. The highest BCUT2D eigenvalue weighted by atomic mass is 16.5. The second-order valence-corrected chi connectivity index (χ2v) is 3.39. The van der Waals surface area contributed by atoms with E-state index in [0.29, 0.717) is 17.1 Å². The molecule has 90 valence electrons. The molecule has 0 aliphatic rings. The Morgan fingerprint density at radius 3 is 2.53 bits per heavy atom. The van der Waals surface area contributed by atoms with Crippen LogP contribution in [0.2, 0.25) is 0 Å². The van der Waals surface area contributed by atoms with E-state index < -0.39 is 6.04 Å². The molecule has 0 saturated carbocycles. The Kier molecular flexibility index (Phi) is 4.35. The number of nitrogens with zero attached hydrogens (tertiary/aromatic N) is 1. The van der Waals surface area contributed by atoms with Crippen molar-refractivity contribution in [2.45, 2.75) is 13.0 Å². The molecule has 5 heteroatoms. The number of benzene rings is 1. The number of nitrogens with one attached hydrogen (secondary N) is 1. The fourth-order valence-corrected chi connectivity index (χ4v) is 1.29. The molecule has 1 aromatic rings. The van der Waals surface area contributed by atoms with E-state index in [4.69, 9.17) is 14.7 Å². The van der Waals surface area contributed by atoms with Gasteiger partial charge in [0.1, 0.15) is 6.04 Å². The molecule has 1 aromatic carbocycles. The van der Waals surface area contributed by atoms with E-state index in [2.05, 4.69) is 5.32 Å². The maximum absolute atomic E-state index is 11.7. The molecule has 0 heterocycles. The van der Waals surface area contributed by atoms with Crippen LogP contribution in [0.4, 0.5) is 0 Å². The van der Waals surface area contributed by atoms with Gasteiger partial charge in [-0.15, -0.1) is 0 Å². The zero-order chi connectivity index (χ0) is 12.8. The Morgan fingerprint density at radius 1 is 1.35 bits per heavy atom. The summed E-state index contributed by atoms with van der Waals surface area (Å²) in [4.78, 5) is 11.7. The van der Waals surface area contributed by atoms with Gasteiger partial charge in [-0.2, -0.15) is 5.26 Å². The average Bonchev–Trinajstić information content (AvgIpc) is 2.37. The lowest BCUT2D eigenvalue weighted by Gasteiger charge is -2.10. The minimum atomic E-state index is -0.532. The summed E-state index contributed by atoms with van der Waals surface area (Å²) < 4.78 is 10.2. The summed E-state index contributed by atoms with van der Waals surface area (Å²) in [6.07, 6.45) is 0. The molecule has 5 nitrogen and oxygen atoms in total. The molecule has 0 radical (unpaired) electrons. The van der Waals surface area contributed by atoms with E-state index in [1.54, 1.807) is 25.1 Å². The lowest BCUT2D eigenvalue weighted by Crippen LogP contribution is -2.31. The van der Waals surface area contributed by atoms with E-state index in [1.807, 2.05) is 6.07 Å². The van der Waals surface area contributed by atoms with Gasteiger partial charge < -0.3 is 14.8 Å². The van der Waals surface area contributed by atoms with Crippen LogP contribution in [0, 0.1) is 11.3 Å². The first-order chi connectivity index (χ1) is 8.12. The Hall–Kier alpha value is -2.22. The molecule has 0 aromatic heterocycles. The van der Waals surface area contributed by atoms with E-state index >= 15 is 0 Å². The SMILES string of the molecule is COc1ccc(C(=O)NC(C)C#N)cc1OC. The highest BCUT2D eigenvalue weighted by Gasteiger charge is 2.12. The van der Waals surface area contributed by atoms with Crippen molar-refractivity contribution in [1.29, 1.82) is 5.26 Å². The van der Waals surface area contributed by atoms with Crippen LogP contribution in [-0.4, -0.2) is 26.2 Å². The van der Waals surface area contributed by atoms with Crippen molar-refractivity contribution in [3.63, 3.8) is 0 Å². The third-order valence-electron chi connectivity index (χ3n) is 2.19. The number of hydrogen-bond donors (Lipinski definition) is 1. The lowest BCUT2D eigenvalue weighted by molar-refractivity contribution is 0.0947. The number of methoxy groups -OCH3 is 2. The number of nitriles is 1. The smallest absolute Gasteiger partial charge is 0.252 e. The minimum Gasteiger partial charge on any atom is -0.493 e. The van der Waals surface area contributed by atoms with Crippen LogP contribution in [0.25, 0.3) is 0 Å². The van der Waals surface area contributed by atoms with Crippen LogP contribution in [0.5, 0.6) is 11.5 Å². The molecule has 1 N–H and O–H groups in total. The Morgan fingerprint density at radius 2 is 2.00 bits per heavy atom. The molecule has 1 rings (SSSR count). The first-order valence-electron chi connectivity index (χ1n) is 5.05. The standard InChI is InChI=1S/C12H14N2O3/c1-8(7-13)14-12(15)9-4-5-10(16-2)11(6-9)17-3/h4-6,8H,1-3H3,(H,14,15). The van der Waals surface area contributed by atoms with Crippen molar-refractivity contribution >= 4 is 5.91 Å². The highest BCUT2D eigenvalue weighted by Crippen LogP contribution is 2.27. The number of ether oxygens (including phenoxy) is 2. The van der Waals surface area contributed by atoms with E-state index in [9.17, 15) is 4.79 Å². The summed E-state index contributed by atoms with van der Waals surface area (Å²) in [6, 6.07) is 6.22. The third kappa shape index (κ3) is 3.11. The maximum Gasteiger partial charge on any atom is 0.252 e. The van der Waals surface area contributed by atoms with Crippen LogP contribution < -0.4 is 14.8 Å². The molecule has 1 unspecified atom stereocenters. The average molecular weight is 234 g/mol. The summed E-state index contributed by atoms with van der Waals surface area (Å²) in [7, 11) is 3.02. The molecule has 0 aliphatic heterocycles. The van der Waals surface area contributed by atoms with Gasteiger partial charge in [-0.25, -0.2) is 0 Å². The number of carbonyl (C=O) groups is 1. The normalized spacial score (nSPS) is 11.2. The second-order valence-electron chi connectivity index (χ2n) is 3.39. The monoisotopic (exact) mass is 234 g/mol. The molecule has 0 aliphatic carbocycles. The van der Waals surface area contributed by atoms with Crippen molar-refractivity contribution in [1.82, 2.24) is 5.32 Å². The summed E-state index contributed by atoms with van der Waals surface area (Å²) in [5.74, 6) is 0.710. The van der Waals surface area contributed by atoms with Crippen molar-refractivity contribution in [2.75, 3.05) is 14.2 Å². The predicted molar refractivity (Wildman–Crippen MR) is 62.1 cm³/mol. The van der Waals surface area contributed by atoms with Gasteiger partial charge in [0.15, 0.2) is 11.5 Å². The van der Waals surface area contributed by atoms with Gasteiger partial charge >= 0.3 is 0 Å². The number of hydrogen-bond acceptors (Lipinski definition) is 4. The minimum absolute atomic E-state index is 0.319. The Balaban J connectivity index is 2.93. The largest absolute Gasteiger partial charge is 0.493 e. The van der Waals surface area contributed by atoms with Crippen LogP contribution in [0.3, 0.4) is 0 Å². The molecule has 1 atom stereocenters. The van der Waals surface area contributed by atoms with Gasteiger partial charge in [0.05, 0.1) is 20.3 Å². The second kappa shape index (κ2) is 5.75. The summed E-state index contributed by atoms with van der Waals surface area (Å²) >= 11 is 0. The van der Waals surface area contributed by atoms with Gasteiger partial charge in [-0.3, -0.25) is 4.79 Å². The predicted octanol–water partition coefficient (Wildman–Crippen LogP) is 1.35. The van der Waals surface area contributed by atoms with E-state index in [-0.39, 0.29) is 5.91 Å². The molecular weight excluding hydrogens is 220 g/mol. The molecule has 17 heavy (non-hydrogen) atoms. The molecule has 0 fully saturated rings. The Labute approximate surface area is 100.0 Å². The van der Waals surface area contributed by atoms with Crippen LogP contribution in [-0.2, 0) is 0 Å². The van der Waals surface area contributed by atoms with Crippen LogP contribution in [0.1, 0.15) is 17.3 Å². The quantitative estimate of drug-likeness (QED) is 0.853. The zero-order valence-electron chi connectivity index (χ0n) is 9.98. The van der Waals surface area contributed by atoms with Crippen molar-refractivity contribution in [3.05, 3.63) is 23.8 Å². The van der Waals surface area contributed by atoms with E-state index in [0.717, 1.165) is 0 Å². The zero-order valence-corrected chi connectivity index (χ0v) is 9.98. The fourth-order valence-electron chi connectivity index (χ4n) is 1.29. The van der Waals surface area contributed by atoms with Crippen molar-refractivity contribution < 1.29 is 14.3 Å². The Bertz CT molecular complexity index is 452. The first-order valence-corrected chi connectivity index (χ1v) is 5.05. The third-order valence-corrected chi connectivity index (χ3v) is 2.19. The van der Waals surface area contributed by atoms with Gasteiger partial charge in [-0.1, -0.05) is 0 Å². The van der Waals surface area contributed by atoms with Crippen LogP contribution >= 0.6 is 0 Å². The molecule has 0 bridgehead atoms. The van der Waals surface area contributed by atoms with Gasteiger partial charge in [-0.05, 0) is 25.1 Å². The summed E-state index contributed by atoms with van der Waals surface area (Å²) in [5, 5.41) is 11.1. The topological polar surface area (TPSA) is 71.3 Å². The maximum atomic E-state index is 11.7. The molecule has 0 spiro atoms. The van der Waals surface area contributed by atoms with E-state index in [1.165, 1.54) is 14.2 Å².